The van der Waals surface area contributed by atoms with Gasteiger partial charge in [-0.25, -0.2) is 12.8 Å². The van der Waals surface area contributed by atoms with E-state index in [1.807, 2.05) is 0 Å². The zero-order valence-electron chi connectivity index (χ0n) is 16.1. The van der Waals surface area contributed by atoms with Crippen molar-refractivity contribution in [3.8, 4) is 0 Å². The van der Waals surface area contributed by atoms with Gasteiger partial charge in [-0.3, -0.25) is 4.79 Å². The zero-order valence-corrected chi connectivity index (χ0v) is 17.7. The van der Waals surface area contributed by atoms with Crippen molar-refractivity contribution in [2.45, 2.75) is 30.5 Å². The molecule has 0 spiro atoms. The van der Waals surface area contributed by atoms with Crippen molar-refractivity contribution < 1.29 is 30.8 Å². The van der Waals surface area contributed by atoms with Crippen LogP contribution in [0, 0.1) is 11.7 Å². The Hall–Kier alpha value is -2.17. The van der Waals surface area contributed by atoms with Gasteiger partial charge in [-0.05, 0) is 48.7 Å². The highest BCUT2D eigenvalue weighted by Crippen LogP contribution is 2.36. The van der Waals surface area contributed by atoms with Crippen LogP contribution < -0.4 is 5.32 Å². The van der Waals surface area contributed by atoms with Gasteiger partial charge in [0.15, 0.2) is 0 Å². The van der Waals surface area contributed by atoms with E-state index in [-0.39, 0.29) is 44.2 Å². The minimum Gasteiger partial charge on any atom is -0.352 e. The molecule has 168 valence electrons. The number of benzene rings is 2. The van der Waals surface area contributed by atoms with Crippen LogP contribution in [0.15, 0.2) is 47.4 Å². The second-order valence-electron chi connectivity index (χ2n) is 7.16. The van der Waals surface area contributed by atoms with Crippen LogP contribution in [0.25, 0.3) is 0 Å². The Balaban J connectivity index is 1.62. The van der Waals surface area contributed by atoms with Gasteiger partial charge in [-0.15, -0.1) is 0 Å². The van der Waals surface area contributed by atoms with E-state index in [2.05, 4.69) is 5.32 Å². The smallest absolute Gasteiger partial charge is 0.352 e. The number of hydrogen-bond donors (Lipinski definition) is 1. The van der Waals surface area contributed by atoms with Crippen LogP contribution in [0.1, 0.15) is 24.0 Å². The SMILES string of the molecule is O=C(NCc1ccc(F)cc1)C1CCN(S(=O)(=O)c2ccc(Cl)c(C(F)(F)F)c2)CC1. The molecule has 0 aromatic heterocycles. The summed E-state index contributed by atoms with van der Waals surface area (Å²) in [6.45, 7) is 0.213. The predicted molar refractivity (Wildman–Crippen MR) is 106 cm³/mol. The van der Waals surface area contributed by atoms with E-state index in [4.69, 9.17) is 11.6 Å². The van der Waals surface area contributed by atoms with Crippen LogP contribution in [0.4, 0.5) is 17.6 Å². The van der Waals surface area contributed by atoms with E-state index in [1.54, 1.807) is 12.1 Å². The fourth-order valence-electron chi connectivity index (χ4n) is 3.33. The first-order valence-corrected chi connectivity index (χ1v) is 11.2. The Morgan fingerprint density at radius 3 is 2.29 bits per heavy atom. The van der Waals surface area contributed by atoms with Crippen LogP contribution in [-0.2, 0) is 27.5 Å². The molecule has 0 saturated carbocycles. The molecule has 2 aromatic rings. The molecule has 3 rings (SSSR count). The lowest BCUT2D eigenvalue weighted by Gasteiger charge is -2.30. The number of hydrogen-bond acceptors (Lipinski definition) is 3. The van der Waals surface area contributed by atoms with E-state index in [1.165, 1.54) is 12.1 Å². The summed E-state index contributed by atoms with van der Waals surface area (Å²) in [6.07, 6.45) is -4.32. The molecule has 1 N–H and O–H groups in total. The fourth-order valence-corrected chi connectivity index (χ4v) is 5.05. The molecule has 0 radical (unpaired) electrons. The van der Waals surface area contributed by atoms with Gasteiger partial charge in [0.1, 0.15) is 5.82 Å². The van der Waals surface area contributed by atoms with Gasteiger partial charge in [-0.1, -0.05) is 23.7 Å². The number of piperidine rings is 1. The Morgan fingerprint density at radius 1 is 1.10 bits per heavy atom. The van der Waals surface area contributed by atoms with Crippen LogP contribution in [0.3, 0.4) is 0 Å². The molecule has 0 atom stereocenters. The average molecular weight is 479 g/mol. The summed E-state index contributed by atoms with van der Waals surface area (Å²) in [5, 5.41) is 2.15. The first-order valence-electron chi connectivity index (χ1n) is 9.37. The van der Waals surface area contributed by atoms with Crippen molar-refractivity contribution in [3.63, 3.8) is 0 Å². The third kappa shape index (κ3) is 5.55. The summed E-state index contributed by atoms with van der Waals surface area (Å²) in [5.41, 5.74) is -0.497. The number of rotatable bonds is 5. The summed E-state index contributed by atoms with van der Waals surface area (Å²) in [6, 6.07) is 8.14. The second kappa shape index (κ2) is 9.13. The van der Waals surface area contributed by atoms with Crippen molar-refractivity contribution in [2.24, 2.45) is 5.92 Å². The first kappa shape index (κ1) is 23.5. The monoisotopic (exact) mass is 478 g/mol. The Morgan fingerprint density at radius 2 is 1.71 bits per heavy atom. The normalized spacial score (nSPS) is 16.3. The number of nitrogens with zero attached hydrogens (tertiary/aromatic N) is 1. The van der Waals surface area contributed by atoms with Crippen molar-refractivity contribution in [1.82, 2.24) is 9.62 Å². The Bertz CT molecular complexity index is 1050. The van der Waals surface area contributed by atoms with Crippen molar-refractivity contribution in [2.75, 3.05) is 13.1 Å². The summed E-state index contributed by atoms with van der Waals surface area (Å²) >= 11 is 5.56. The summed E-state index contributed by atoms with van der Waals surface area (Å²) < 4.78 is 78.7. The minimum absolute atomic E-state index is 0.000938. The van der Waals surface area contributed by atoms with Crippen LogP contribution >= 0.6 is 11.6 Å². The molecule has 31 heavy (non-hydrogen) atoms. The van der Waals surface area contributed by atoms with E-state index >= 15 is 0 Å². The molecule has 0 unspecified atom stereocenters. The van der Waals surface area contributed by atoms with Gasteiger partial charge >= 0.3 is 6.18 Å². The first-order chi connectivity index (χ1) is 14.5. The number of alkyl halides is 3. The maximum absolute atomic E-state index is 13.1. The van der Waals surface area contributed by atoms with Crippen molar-refractivity contribution in [1.29, 1.82) is 0 Å². The quantitative estimate of drug-likeness (QED) is 0.654. The number of carbonyl (C=O) groups is 1. The summed E-state index contributed by atoms with van der Waals surface area (Å²) in [4.78, 5) is 11.9. The van der Waals surface area contributed by atoms with E-state index in [0.29, 0.717) is 6.07 Å². The number of halogens is 5. The Kier molecular flexibility index (Phi) is 6.92. The van der Waals surface area contributed by atoms with E-state index in [9.17, 15) is 30.8 Å². The van der Waals surface area contributed by atoms with Gasteiger partial charge in [0.05, 0.1) is 15.5 Å². The van der Waals surface area contributed by atoms with Crippen LogP contribution in [-0.4, -0.2) is 31.7 Å². The number of sulfonamides is 1. The molecule has 1 aliphatic rings. The third-order valence-corrected chi connectivity index (χ3v) is 7.31. The van der Waals surface area contributed by atoms with Crippen LogP contribution in [0.5, 0.6) is 0 Å². The predicted octanol–water partition coefficient (Wildman–Crippen LogP) is 4.22. The molecule has 1 fully saturated rings. The topological polar surface area (TPSA) is 66.5 Å². The molecular weight excluding hydrogens is 460 g/mol. The van der Waals surface area contributed by atoms with Gasteiger partial charge in [0.2, 0.25) is 15.9 Å². The molecule has 1 heterocycles. The van der Waals surface area contributed by atoms with E-state index in [0.717, 1.165) is 22.0 Å². The maximum Gasteiger partial charge on any atom is 0.417 e. The largest absolute Gasteiger partial charge is 0.417 e. The van der Waals surface area contributed by atoms with E-state index < -0.39 is 37.6 Å². The highest BCUT2D eigenvalue weighted by atomic mass is 35.5. The molecule has 1 aliphatic heterocycles. The second-order valence-corrected chi connectivity index (χ2v) is 9.51. The minimum atomic E-state index is -4.78. The highest BCUT2D eigenvalue weighted by Gasteiger charge is 2.37. The highest BCUT2D eigenvalue weighted by molar-refractivity contribution is 7.89. The van der Waals surface area contributed by atoms with Crippen LogP contribution in [0.2, 0.25) is 5.02 Å². The number of carbonyl (C=O) groups excluding carboxylic acids is 1. The summed E-state index contributed by atoms with van der Waals surface area (Å²) in [5.74, 6) is -1.07. The number of nitrogens with one attached hydrogen (secondary N) is 1. The fraction of sp³-hybridized carbons (Fsp3) is 0.350. The lowest BCUT2D eigenvalue weighted by atomic mass is 9.97. The zero-order chi connectivity index (χ0) is 22.8. The van der Waals surface area contributed by atoms with Gasteiger partial charge in [-0.2, -0.15) is 17.5 Å². The molecule has 2 aromatic carbocycles. The lowest BCUT2D eigenvalue weighted by molar-refractivity contribution is -0.137. The number of amides is 1. The molecule has 0 aliphatic carbocycles. The third-order valence-electron chi connectivity index (χ3n) is 5.09. The maximum atomic E-state index is 13.1. The van der Waals surface area contributed by atoms with Gasteiger partial charge < -0.3 is 5.32 Å². The standard InChI is InChI=1S/C20H19ClF4N2O3S/c21-18-6-5-16(11-17(18)20(23,24)25)31(29,30)27-9-7-14(8-10-27)19(28)26-12-13-1-3-15(22)4-2-13/h1-6,11,14H,7-10,12H2,(H,26,28). The molecule has 5 nitrogen and oxygen atoms in total. The molecule has 0 bridgehead atoms. The molecule has 11 heteroatoms. The van der Waals surface area contributed by atoms with Gasteiger partial charge in [0.25, 0.3) is 0 Å². The van der Waals surface area contributed by atoms with Gasteiger partial charge in [0, 0.05) is 25.6 Å². The van der Waals surface area contributed by atoms with Crippen molar-refractivity contribution in [3.05, 3.63) is 64.4 Å². The molecule has 1 amide bonds. The Labute approximate surface area is 182 Å². The molecular formula is C20H19ClF4N2O3S. The average Bonchev–Trinajstić information content (AvgIpc) is 2.72. The molecule has 1 saturated heterocycles. The summed E-state index contributed by atoms with van der Waals surface area (Å²) in [7, 11) is -4.16. The lowest BCUT2D eigenvalue weighted by Crippen LogP contribution is -2.42. The van der Waals surface area contributed by atoms with Crippen molar-refractivity contribution >= 4 is 27.5 Å².